The summed E-state index contributed by atoms with van der Waals surface area (Å²) in [6.07, 6.45) is -3.43. The van der Waals surface area contributed by atoms with Gasteiger partial charge in [0.2, 0.25) is 0 Å². The maximum absolute atomic E-state index is 13.0. The highest BCUT2D eigenvalue weighted by molar-refractivity contribution is 6.07. The van der Waals surface area contributed by atoms with Crippen LogP contribution in [0, 0.1) is 6.92 Å². The molecule has 28 heavy (non-hydrogen) atoms. The largest absolute Gasteiger partial charge is 0.418 e. The molecule has 0 radical (unpaired) electrons. The van der Waals surface area contributed by atoms with E-state index in [1.165, 1.54) is 30.5 Å². The van der Waals surface area contributed by atoms with E-state index >= 15 is 0 Å². The van der Waals surface area contributed by atoms with E-state index < -0.39 is 29.2 Å². The van der Waals surface area contributed by atoms with Gasteiger partial charge >= 0.3 is 6.18 Å². The number of carbonyl (C=O) groups excluding carboxylic acids is 2. The first-order valence-corrected chi connectivity index (χ1v) is 7.92. The van der Waals surface area contributed by atoms with Crippen molar-refractivity contribution in [3.8, 4) is 0 Å². The summed E-state index contributed by atoms with van der Waals surface area (Å²) in [6, 6.07) is 8.57. The molecule has 0 bridgehead atoms. The monoisotopic (exact) mass is 390 g/mol. The van der Waals surface area contributed by atoms with E-state index in [9.17, 15) is 22.8 Å². The minimum absolute atomic E-state index is 0.0740. The van der Waals surface area contributed by atoms with Gasteiger partial charge in [-0.05, 0) is 31.2 Å². The summed E-state index contributed by atoms with van der Waals surface area (Å²) in [5.74, 6) is -0.790. The minimum Gasteiger partial charge on any atom is -0.360 e. The van der Waals surface area contributed by atoms with Gasteiger partial charge < -0.3 is 15.2 Å². The number of aromatic nitrogens is 2. The van der Waals surface area contributed by atoms with Crippen LogP contribution in [0.2, 0.25) is 0 Å². The second-order valence-corrected chi connectivity index (χ2v) is 5.70. The first-order chi connectivity index (χ1) is 13.2. The molecule has 0 atom stereocenters. The molecule has 0 saturated heterocycles. The van der Waals surface area contributed by atoms with Gasteiger partial charge in [0, 0.05) is 17.8 Å². The summed E-state index contributed by atoms with van der Waals surface area (Å²) in [5, 5.41) is 8.26. The number of pyridine rings is 1. The summed E-state index contributed by atoms with van der Waals surface area (Å²) in [5.41, 5.74) is -1.54. The molecule has 0 aliphatic heterocycles. The lowest BCUT2D eigenvalue weighted by molar-refractivity contribution is -0.136. The molecule has 0 spiro atoms. The summed E-state index contributed by atoms with van der Waals surface area (Å²) in [6.45, 7) is 1.65. The third kappa shape index (κ3) is 4.34. The molecule has 2 N–H and O–H groups in total. The van der Waals surface area contributed by atoms with Crippen LogP contribution in [0.1, 0.15) is 32.2 Å². The highest BCUT2D eigenvalue weighted by Crippen LogP contribution is 2.34. The number of hydrogen-bond donors (Lipinski definition) is 2. The molecule has 0 fully saturated rings. The van der Waals surface area contributed by atoms with E-state index in [0.29, 0.717) is 5.76 Å². The second kappa shape index (κ2) is 7.51. The Kier molecular flexibility index (Phi) is 5.12. The number of hydrogen-bond acceptors (Lipinski definition) is 5. The Labute approximate surface area is 156 Å². The number of aryl methyl sites for hydroxylation is 1. The lowest BCUT2D eigenvalue weighted by Gasteiger charge is -2.13. The van der Waals surface area contributed by atoms with Crippen LogP contribution < -0.4 is 10.6 Å². The number of nitrogens with one attached hydrogen (secondary N) is 2. The van der Waals surface area contributed by atoms with Crippen LogP contribution in [0.3, 0.4) is 0 Å². The highest BCUT2D eigenvalue weighted by atomic mass is 19.4. The van der Waals surface area contributed by atoms with E-state index in [2.05, 4.69) is 20.8 Å². The molecular formula is C18H13F3N4O3. The van der Waals surface area contributed by atoms with Gasteiger partial charge in [-0.1, -0.05) is 17.3 Å². The Morgan fingerprint density at radius 1 is 1.04 bits per heavy atom. The van der Waals surface area contributed by atoms with Crippen molar-refractivity contribution in [1.29, 1.82) is 0 Å². The van der Waals surface area contributed by atoms with Crippen LogP contribution in [0.15, 0.2) is 53.2 Å². The molecule has 144 valence electrons. The zero-order chi connectivity index (χ0) is 20.3. The predicted octanol–water partition coefficient (Wildman–Crippen LogP) is 3.90. The molecule has 0 unspecified atom stereocenters. The normalized spacial score (nSPS) is 11.1. The fraction of sp³-hybridized carbons (Fsp3) is 0.111. The van der Waals surface area contributed by atoms with Crippen LogP contribution in [-0.4, -0.2) is 22.0 Å². The Balaban J connectivity index is 1.79. The summed E-state index contributed by atoms with van der Waals surface area (Å²) >= 11 is 0. The molecular weight excluding hydrogens is 377 g/mol. The lowest BCUT2D eigenvalue weighted by atomic mass is 10.1. The number of alkyl halides is 3. The van der Waals surface area contributed by atoms with Crippen LogP contribution >= 0.6 is 0 Å². The van der Waals surface area contributed by atoms with E-state index in [1.807, 2.05) is 0 Å². The molecule has 0 aliphatic carbocycles. The average molecular weight is 390 g/mol. The molecule has 10 heteroatoms. The predicted molar refractivity (Wildman–Crippen MR) is 92.8 cm³/mol. The van der Waals surface area contributed by atoms with Gasteiger partial charge in [0.25, 0.3) is 11.8 Å². The SMILES string of the molecule is Cc1cc(NC(=O)c2ccnc(C(=O)Nc3ccccc3C(F)(F)F)c2)no1. The van der Waals surface area contributed by atoms with E-state index in [0.717, 1.165) is 18.2 Å². The Morgan fingerprint density at radius 3 is 2.46 bits per heavy atom. The van der Waals surface area contributed by atoms with E-state index in [-0.39, 0.29) is 17.1 Å². The van der Waals surface area contributed by atoms with Crippen LogP contribution in [0.5, 0.6) is 0 Å². The van der Waals surface area contributed by atoms with Crippen LogP contribution in [0.25, 0.3) is 0 Å². The Bertz CT molecular complexity index is 1030. The number of carbonyl (C=O) groups is 2. The van der Waals surface area contributed by atoms with Crippen LogP contribution in [-0.2, 0) is 6.18 Å². The number of benzene rings is 1. The van der Waals surface area contributed by atoms with Crippen molar-refractivity contribution in [3.63, 3.8) is 0 Å². The fourth-order valence-corrected chi connectivity index (χ4v) is 2.34. The quantitative estimate of drug-likeness (QED) is 0.704. The first-order valence-electron chi connectivity index (χ1n) is 7.92. The summed E-state index contributed by atoms with van der Waals surface area (Å²) in [7, 11) is 0. The Hall–Kier alpha value is -3.69. The van der Waals surface area contributed by atoms with Gasteiger partial charge in [0.15, 0.2) is 5.82 Å². The molecule has 3 rings (SSSR count). The van der Waals surface area contributed by atoms with E-state index in [1.54, 1.807) is 6.92 Å². The van der Waals surface area contributed by atoms with Gasteiger partial charge in [0.1, 0.15) is 11.5 Å². The second-order valence-electron chi connectivity index (χ2n) is 5.70. The molecule has 2 heterocycles. The molecule has 1 aromatic carbocycles. The van der Waals surface area contributed by atoms with Crippen molar-refractivity contribution >= 4 is 23.3 Å². The fourth-order valence-electron chi connectivity index (χ4n) is 2.34. The maximum Gasteiger partial charge on any atom is 0.418 e. The van der Waals surface area contributed by atoms with Gasteiger partial charge in [0.05, 0.1) is 11.3 Å². The molecule has 2 amide bonds. The summed E-state index contributed by atoms with van der Waals surface area (Å²) < 4.78 is 44.0. The number of halogens is 3. The number of nitrogens with zero attached hydrogens (tertiary/aromatic N) is 2. The molecule has 3 aromatic rings. The van der Waals surface area contributed by atoms with Gasteiger partial charge in [-0.3, -0.25) is 14.6 Å². The summed E-state index contributed by atoms with van der Waals surface area (Å²) in [4.78, 5) is 28.4. The third-order valence-corrected chi connectivity index (χ3v) is 3.60. The zero-order valence-corrected chi connectivity index (χ0v) is 14.4. The van der Waals surface area contributed by atoms with Crippen molar-refractivity contribution in [2.75, 3.05) is 10.6 Å². The lowest BCUT2D eigenvalue weighted by Crippen LogP contribution is -2.19. The zero-order valence-electron chi connectivity index (χ0n) is 14.4. The molecule has 0 saturated carbocycles. The molecule has 7 nitrogen and oxygen atoms in total. The van der Waals surface area contributed by atoms with Crippen molar-refractivity contribution < 1.29 is 27.3 Å². The first kappa shape index (κ1) is 19.1. The van der Waals surface area contributed by atoms with Crippen molar-refractivity contribution in [3.05, 3.63) is 71.2 Å². The van der Waals surface area contributed by atoms with Crippen molar-refractivity contribution in [2.45, 2.75) is 13.1 Å². The number of amides is 2. The number of para-hydroxylation sites is 1. The molecule has 0 aliphatic rings. The smallest absolute Gasteiger partial charge is 0.360 e. The van der Waals surface area contributed by atoms with Gasteiger partial charge in [-0.25, -0.2) is 0 Å². The van der Waals surface area contributed by atoms with Crippen molar-refractivity contribution in [1.82, 2.24) is 10.1 Å². The number of rotatable bonds is 4. The average Bonchev–Trinajstić information content (AvgIpc) is 3.06. The topological polar surface area (TPSA) is 97.1 Å². The van der Waals surface area contributed by atoms with E-state index in [4.69, 9.17) is 4.52 Å². The minimum atomic E-state index is -4.63. The Morgan fingerprint density at radius 2 is 1.79 bits per heavy atom. The standard InChI is InChI=1S/C18H13F3N4O3/c1-10-8-15(25-28-10)24-16(26)11-6-7-22-14(9-11)17(27)23-13-5-3-2-4-12(13)18(19,20)21/h2-9H,1H3,(H,23,27)(H,24,25,26). The van der Waals surface area contributed by atoms with Gasteiger partial charge in [-0.2, -0.15) is 13.2 Å². The highest BCUT2D eigenvalue weighted by Gasteiger charge is 2.33. The van der Waals surface area contributed by atoms with Crippen LogP contribution in [0.4, 0.5) is 24.7 Å². The molecule has 2 aromatic heterocycles. The maximum atomic E-state index is 13.0. The van der Waals surface area contributed by atoms with Gasteiger partial charge in [-0.15, -0.1) is 0 Å². The van der Waals surface area contributed by atoms with Crippen molar-refractivity contribution in [2.24, 2.45) is 0 Å². The number of anilines is 2. The third-order valence-electron chi connectivity index (χ3n) is 3.60.